The normalized spacial score (nSPS) is 15.0. The van der Waals surface area contributed by atoms with E-state index in [-0.39, 0.29) is 79.8 Å². The van der Waals surface area contributed by atoms with E-state index in [9.17, 15) is 42.3 Å². The molecule has 0 aliphatic rings. The third-order valence-electron chi connectivity index (χ3n) is 9.03. The Hall–Kier alpha value is -3.31. The molecule has 17 heteroatoms. The van der Waals surface area contributed by atoms with E-state index < -0.39 is 69.9 Å². The van der Waals surface area contributed by atoms with Crippen LogP contribution >= 0.6 is 0 Å². The molecule has 7 N–H and O–H groups in total. The summed E-state index contributed by atoms with van der Waals surface area (Å²) in [7, 11) is -0.249. The Morgan fingerprint density at radius 1 is 0.500 bits per heavy atom. The first kappa shape index (κ1) is 52.7. The Kier molecular flexibility index (Phi) is 23.7. The Balaban J connectivity index is 5.96. The van der Waals surface area contributed by atoms with Crippen LogP contribution < -0.4 is 26.6 Å². The molecular weight excluding hydrogens is 745 g/mol. The Bertz CT molecular complexity index is 1380. The molecule has 0 aliphatic heterocycles. The van der Waals surface area contributed by atoms with Gasteiger partial charge >= 0.3 is 5.97 Å². The van der Waals surface area contributed by atoms with E-state index in [0.29, 0.717) is 30.4 Å². The summed E-state index contributed by atoms with van der Waals surface area (Å²) in [5, 5.41) is 23.4. The highest BCUT2D eigenvalue weighted by molar-refractivity contribution is 7.85. The molecule has 0 fully saturated rings. The van der Waals surface area contributed by atoms with Crippen molar-refractivity contribution in [3.8, 4) is 0 Å². The van der Waals surface area contributed by atoms with E-state index in [1.54, 1.807) is 0 Å². The number of nitrogens with one attached hydrogen (secondary N) is 5. The monoisotopic (exact) mass is 820 g/mol. The van der Waals surface area contributed by atoms with Crippen LogP contribution in [0.5, 0.6) is 0 Å². The quantitative estimate of drug-likeness (QED) is 0.0450. The van der Waals surface area contributed by atoms with Gasteiger partial charge in [-0.05, 0) is 61.7 Å². The van der Waals surface area contributed by atoms with Crippen molar-refractivity contribution in [2.75, 3.05) is 32.9 Å². The van der Waals surface area contributed by atoms with Crippen molar-refractivity contribution in [3.05, 3.63) is 0 Å². The molecule has 5 unspecified atom stereocenters. The molecule has 0 aromatic heterocycles. The lowest BCUT2D eigenvalue weighted by Gasteiger charge is -2.30. The van der Waals surface area contributed by atoms with Crippen LogP contribution in [0.1, 0.15) is 121 Å². The van der Waals surface area contributed by atoms with Gasteiger partial charge in [0.1, 0.15) is 30.2 Å². The van der Waals surface area contributed by atoms with Crippen LogP contribution in [0, 0.1) is 29.6 Å². The number of carboxylic acids is 1. The van der Waals surface area contributed by atoms with Gasteiger partial charge in [-0.25, -0.2) is 4.79 Å². The fourth-order valence-electron chi connectivity index (χ4n) is 6.31. The SMILES string of the molecule is CC(C)CC(NC(=O)C(CC(C)C)NC(=O)C(CC(C)C)NC(=O)C(CC(C)C)NC(=O)C(CC(C)C)NC(=O)CCC[N+](C)(C)CCCS(=O)(=O)O)C(=O)O. The number of carboxylic acid groups (broad SMARTS) is 1. The number of aliphatic carboxylic acids is 1. The first-order chi connectivity index (χ1) is 25.6. The van der Waals surface area contributed by atoms with Gasteiger partial charge in [0.05, 0.1) is 32.9 Å². The van der Waals surface area contributed by atoms with Gasteiger partial charge in [0.25, 0.3) is 10.1 Å². The number of hydrogen-bond donors (Lipinski definition) is 7. The summed E-state index contributed by atoms with van der Waals surface area (Å²) in [6, 6.07) is -5.22. The molecule has 5 atom stereocenters. The van der Waals surface area contributed by atoms with Gasteiger partial charge in [-0.15, -0.1) is 0 Å². The molecule has 0 heterocycles. The average molecular weight is 820 g/mol. The molecular formula is C39H75N6O10S+. The van der Waals surface area contributed by atoms with Gasteiger partial charge in [0.2, 0.25) is 29.5 Å². The minimum absolute atomic E-state index is 0.000173. The molecule has 0 radical (unpaired) electrons. The Morgan fingerprint density at radius 2 is 0.786 bits per heavy atom. The molecule has 0 saturated heterocycles. The van der Waals surface area contributed by atoms with Crippen LogP contribution in [-0.2, 0) is 38.9 Å². The molecule has 326 valence electrons. The molecule has 0 aromatic rings. The lowest BCUT2D eigenvalue weighted by molar-refractivity contribution is -0.890. The van der Waals surface area contributed by atoms with Crippen LogP contribution in [0.15, 0.2) is 0 Å². The molecule has 56 heavy (non-hydrogen) atoms. The van der Waals surface area contributed by atoms with E-state index in [4.69, 9.17) is 4.55 Å². The summed E-state index contributed by atoms with van der Waals surface area (Å²) >= 11 is 0. The lowest BCUT2D eigenvalue weighted by Crippen LogP contribution is -2.59. The predicted molar refractivity (Wildman–Crippen MR) is 217 cm³/mol. The number of amides is 5. The first-order valence-electron chi connectivity index (χ1n) is 20.1. The molecule has 16 nitrogen and oxygen atoms in total. The second kappa shape index (κ2) is 25.1. The van der Waals surface area contributed by atoms with Crippen molar-refractivity contribution < 1.29 is 51.3 Å². The molecule has 0 spiro atoms. The van der Waals surface area contributed by atoms with Crippen molar-refractivity contribution in [1.29, 1.82) is 0 Å². The first-order valence-corrected chi connectivity index (χ1v) is 21.7. The number of quaternary nitrogens is 1. The molecule has 0 bridgehead atoms. The number of hydrogen-bond acceptors (Lipinski definition) is 8. The van der Waals surface area contributed by atoms with Crippen molar-refractivity contribution >= 4 is 45.6 Å². The third kappa shape index (κ3) is 24.4. The number of carbonyl (C=O) groups is 6. The second-order valence-electron chi connectivity index (χ2n) is 18.0. The average Bonchev–Trinajstić information content (AvgIpc) is 3.00. The maximum absolute atomic E-state index is 13.9. The summed E-state index contributed by atoms with van der Waals surface area (Å²) < 4.78 is 31.6. The zero-order valence-corrected chi connectivity index (χ0v) is 36.9. The third-order valence-corrected chi connectivity index (χ3v) is 9.84. The molecule has 5 amide bonds. The van der Waals surface area contributed by atoms with E-state index >= 15 is 0 Å². The number of rotatable bonds is 28. The number of carbonyl (C=O) groups excluding carboxylic acids is 5. The largest absolute Gasteiger partial charge is 0.480 e. The standard InChI is InChI=1S/C39H74N6O10S/c1-24(2)19-29(40-34(46)15-13-16-45(11,12)17-14-18-56(53,54)55)35(47)41-30(20-25(3)4)36(48)42-31(21-26(5)6)37(49)43-32(22-27(7)8)38(50)44-33(39(51)52)23-28(9)10/h24-33H,13-23H2,1-12H3,(H6-,40,41,42,43,44,46,47,48,49,50,51,52,53,54,55)/p+1. The highest BCUT2D eigenvalue weighted by Gasteiger charge is 2.34. The topological polar surface area (TPSA) is 237 Å². The van der Waals surface area contributed by atoms with Crippen molar-refractivity contribution in [3.63, 3.8) is 0 Å². The Morgan fingerprint density at radius 3 is 1.09 bits per heavy atom. The van der Waals surface area contributed by atoms with Gasteiger partial charge in [-0.1, -0.05) is 69.2 Å². The van der Waals surface area contributed by atoms with E-state index in [0.717, 1.165) is 0 Å². The van der Waals surface area contributed by atoms with Crippen LogP contribution in [0.3, 0.4) is 0 Å². The highest BCUT2D eigenvalue weighted by Crippen LogP contribution is 2.14. The smallest absolute Gasteiger partial charge is 0.326 e. The summed E-state index contributed by atoms with van der Waals surface area (Å²) in [6.45, 7) is 19.8. The predicted octanol–water partition coefficient (Wildman–Crippen LogP) is 2.86. The van der Waals surface area contributed by atoms with Crippen molar-refractivity contribution in [1.82, 2.24) is 26.6 Å². The number of nitrogens with zero attached hydrogens (tertiary/aromatic N) is 1. The summed E-state index contributed by atoms with van der Waals surface area (Å²) in [5.41, 5.74) is 0. The van der Waals surface area contributed by atoms with Crippen molar-refractivity contribution in [2.45, 2.75) is 151 Å². The van der Waals surface area contributed by atoms with Gasteiger partial charge in [0, 0.05) is 19.3 Å². The molecule has 0 aromatic carbocycles. The van der Waals surface area contributed by atoms with Crippen LogP contribution in [-0.4, -0.2) is 121 Å². The van der Waals surface area contributed by atoms with E-state index in [1.165, 1.54) is 0 Å². The fourth-order valence-corrected chi connectivity index (χ4v) is 6.81. The maximum atomic E-state index is 13.9. The zero-order valence-electron chi connectivity index (χ0n) is 36.1. The maximum Gasteiger partial charge on any atom is 0.326 e. The minimum Gasteiger partial charge on any atom is -0.480 e. The van der Waals surface area contributed by atoms with E-state index in [2.05, 4.69) is 26.6 Å². The minimum atomic E-state index is -4.05. The molecule has 0 rings (SSSR count). The van der Waals surface area contributed by atoms with Gasteiger partial charge in [0.15, 0.2) is 0 Å². The van der Waals surface area contributed by atoms with Crippen LogP contribution in [0.2, 0.25) is 0 Å². The summed E-state index contributed by atoms with van der Waals surface area (Å²) in [5.74, 6) is -4.32. The summed E-state index contributed by atoms with van der Waals surface area (Å²) in [6.07, 6.45) is 2.08. The summed E-state index contributed by atoms with van der Waals surface area (Å²) in [4.78, 5) is 79.6. The van der Waals surface area contributed by atoms with Crippen LogP contribution in [0.4, 0.5) is 0 Å². The van der Waals surface area contributed by atoms with Crippen molar-refractivity contribution in [2.24, 2.45) is 29.6 Å². The van der Waals surface area contributed by atoms with E-state index in [1.807, 2.05) is 83.3 Å². The zero-order chi connectivity index (χ0) is 43.6. The fraction of sp³-hybridized carbons (Fsp3) is 0.846. The van der Waals surface area contributed by atoms with Crippen LogP contribution in [0.25, 0.3) is 0 Å². The highest BCUT2D eigenvalue weighted by atomic mass is 32.2. The van der Waals surface area contributed by atoms with Gasteiger partial charge in [-0.2, -0.15) is 8.42 Å². The molecule has 0 aliphatic carbocycles. The van der Waals surface area contributed by atoms with Gasteiger partial charge < -0.3 is 36.2 Å². The second-order valence-corrected chi connectivity index (χ2v) is 19.5. The lowest BCUT2D eigenvalue weighted by atomic mass is 9.97. The Labute approximate surface area is 336 Å². The molecule has 0 saturated carbocycles. The van der Waals surface area contributed by atoms with Gasteiger partial charge in [-0.3, -0.25) is 28.5 Å².